The smallest absolute Gasteiger partial charge is 0.352 e. The molecule has 0 bridgehead atoms. The highest BCUT2D eigenvalue weighted by Crippen LogP contribution is 2.40. The van der Waals surface area contributed by atoms with Gasteiger partial charge in [0.15, 0.2) is 0 Å². The summed E-state index contributed by atoms with van der Waals surface area (Å²) in [5, 5.41) is 19.4. The number of carbonyl (C=O) groups is 6. The molecule has 2 aromatic rings. The summed E-state index contributed by atoms with van der Waals surface area (Å²) in [5.74, 6) is -3.42. The molecule has 16 heteroatoms. The van der Waals surface area contributed by atoms with E-state index in [0.29, 0.717) is 5.56 Å². The van der Waals surface area contributed by atoms with Crippen molar-refractivity contribution >= 4 is 59.5 Å². The van der Waals surface area contributed by atoms with Gasteiger partial charge in [-0.05, 0) is 17.7 Å². The summed E-state index contributed by atoms with van der Waals surface area (Å²) in [5.41, 5.74) is 0.856. The number of carboxylic acids is 1. The molecule has 2 fully saturated rings. The number of β-lactam (4-membered cyclic amide) rings is 1. The van der Waals surface area contributed by atoms with E-state index in [-0.39, 0.29) is 54.4 Å². The van der Waals surface area contributed by atoms with Crippen LogP contribution in [0.1, 0.15) is 18.1 Å². The van der Waals surface area contributed by atoms with Gasteiger partial charge in [-0.1, -0.05) is 36.4 Å². The fraction of sp³-hybridized carbons (Fsp3) is 0.276. The number of rotatable bonds is 9. The van der Waals surface area contributed by atoms with Crippen molar-refractivity contribution in [2.75, 3.05) is 30.8 Å². The van der Waals surface area contributed by atoms with E-state index >= 15 is 0 Å². The van der Waals surface area contributed by atoms with Crippen molar-refractivity contribution in [3.8, 4) is 0 Å². The number of amides is 6. The van der Waals surface area contributed by atoms with Crippen molar-refractivity contribution in [3.63, 3.8) is 0 Å². The Balaban J connectivity index is 1.19. The van der Waals surface area contributed by atoms with E-state index in [1.54, 1.807) is 30.3 Å². The Kier molecular flexibility index (Phi) is 9.13. The number of fused-ring (bicyclic) bond motifs is 1. The lowest BCUT2D eigenvalue weighted by Gasteiger charge is -2.49. The van der Waals surface area contributed by atoms with Crippen LogP contribution in [-0.2, 0) is 30.3 Å². The average molecular weight is 639 g/mol. The van der Waals surface area contributed by atoms with Crippen LogP contribution in [0, 0.1) is 5.82 Å². The molecule has 3 N–H and O–H groups in total. The molecule has 3 aliphatic heterocycles. The first kappa shape index (κ1) is 31.2. The number of aliphatic carboxylic acids is 1. The third kappa shape index (κ3) is 6.64. The second-order valence-corrected chi connectivity index (χ2v) is 11.2. The second kappa shape index (κ2) is 13.2. The summed E-state index contributed by atoms with van der Waals surface area (Å²) in [7, 11) is 0. The lowest BCUT2D eigenvalue weighted by molar-refractivity contribution is -0.151. The standard InChI is InChI=1S/C29H27FN6O8S/c1-16(37)44-14-19-15-45-26-23(25(39)36(26)24(19)27(40)41)33-22(38)12-17-6-3-5-9-21(17)32-28(42)34-10-11-35(29(34)43)31-13-18-7-2-4-8-20(18)30/h2-9,13,23,26H,10-12,14-15H2,1H3,(H,32,42)(H,33,38)(H,40,41)/b31-13+/t23?,26-/m1/s1. The second-order valence-electron chi connectivity index (χ2n) is 10.1. The minimum absolute atomic E-state index is 0.0245. The van der Waals surface area contributed by atoms with Gasteiger partial charge in [-0.15, -0.1) is 11.8 Å². The van der Waals surface area contributed by atoms with Crippen LogP contribution < -0.4 is 10.6 Å². The molecule has 0 aromatic heterocycles. The first-order valence-electron chi connectivity index (χ1n) is 13.6. The predicted octanol–water partition coefficient (Wildman–Crippen LogP) is 1.97. The minimum atomic E-state index is -1.35. The number of anilines is 1. The molecular formula is C29H27FN6O8S. The van der Waals surface area contributed by atoms with Gasteiger partial charge in [-0.25, -0.2) is 28.7 Å². The molecule has 2 atom stereocenters. The van der Waals surface area contributed by atoms with Crippen LogP contribution in [0.3, 0.4) is 0 Å². The molecule has 0 saturated carbocycles. The van der Waals surface area contributed by atoms with E-state index in [9.17, 15) is 38.3 Å². The SMILES string of the molecule is CC(=O)OCC1=C(C(=O)O)N2C(=O)C(NC(=O)Cc3ccccc3NC(=O)N3CCN(/N=C/c4ccccc4F)C3=O)[C@H]2SC1. The van der Waals surface area contributed by atoms with Gasteiger partial charge in [-0.2, -0.15) is 5.10 Å². The maximum Gasteiger partial charge on any atom is 0.352 e. The maximum atomic E-state index is 13.9. The molecular weight excluding hydrogens is 611 g/mol. The van der Waals surface area contributed by atoms with E-state index in [2.05, 4.69) is 15.7 Å². The first-order chi connectivity index (χ1) is 21.5. The van der Waals surface area contributed by atoms with E-state index in [1.165, 1.54) is 43.1 Å². The molecule has 0 aliphatic carbocycles. The Morgan fingerprint density at radius 3 is 2.58 bits per heavy atom. The van der Waals surface area contributed by atoms with E-state index in [4.69, 9.17) is 4.74 Å². The monoisotopic (exact) mass is 638 g/mol. The molecule has 3 heterocycles. The van der Waals surface area contributed by atoms with Crippen LogP contribution in [0.2, 0.25) is 0 Å². The topological polar surface area (TPSA) is 178 Å². The zero-order valence-corrected chi connectivity index (χ0v) is 24.6. The molecule has 6 amide bonds. The summed E-state index contributed by atoms with van der Waals surface area (Å²) in [4.78, 5) is 76.8. The number of carbonyl (C=O) groups excluding carboxylic acids is 5. The van der Waals surface area contributed by atoms with Crippen molar-refractivity contribution in [2.24, 2.45) is 5.10 Å². The van der Waals surface area contributed by atoms with Crippen molar-refractivity contribution in [3.05, 3.63) is 76.7 Å². The van der Waals surface area contributed by atoms with Crippen LogP contribution in [0.4, 0.5) is 19.7 Å². The number of benzene rings is 2. The lowest BCUT2D eigenvalue weighted by Crippen LogP contribution is -2.70. The Hall–Kier alpha value is -5.25. The molecule has 2 aromatic carbocycles. The summed E-state index contributed by atoms with van der Waals surface area (Å²) in [6.45, 7) is 1.05. The minimum Gasteiger partial charge on any atom is -0.477 e. The number of hydrogen-bond acceptors (Lipinski definition) is 9. The number of esters is 1. The highest BCUT2D eigenvalue weighted by atomic mass is 32.2. The fourth-order valence-electron chi connectivity index (χ4n) is 4.89. The third-order valence-electron chi connectivity index (χ3n) is 7.10. The molecule has 2 saturated heterocycles. The van der Waals surface area contributed by atoms with Gasteiger partial charge in [-0.3, -0.25) is 19.3 Å². The maximum absolute atomic E-state index is 13.9. The Bertz CT molecular complexity index is 1650. The predicted molar refractivity (Wildman–Crippen MR) is 158 cm³/mol. The van der Waals surface area contributed by atoms with Crippen LogP contribution in [0.25, 0.3) is 0 Å². The van der Waals surface area contributed by atoms with Crippen LogP contribution in [-0.4, -0.2) is 98.8 Å². The molecule has 5 rings (SSSR count). The molecule has 3 aliphatic rings. The van der Waals surface area contributed by atoms with Crippen molar-refractivity contribution in [1.29, 1.82) is 0 Å². The van der Waals surface area contributed by atoms with Gasteiger partial charge in [0.2, 0.25) is 5.91 Å². The third-order valence-corrected chi connectivity index (χ3v) is 8.44. The number of hydrogen-bond donors (Lipinski definition) is 3. The van der Waals surface area contributed by atoms with Crippen molar-refractivity contribution in [1.82, 2.24) is 20.1 Å². The molecule has 0 radical (unpaired) electrons. The van der Waals surface area contributed by atoms with Gasteiger partial charge in [0.25, 0.3) is 5.91 Å². The molecule has 1 unspecified atom stereocenters. The zero-order valence-electron chi connectivity index (χ0n) is 23.8. The van der Waals surface area contributed by atoms with E-state index in [1.807, 2.05) is 0 Å². The largest absolute Gasteiger partial charge is 0.477 e. The van der Waals surface area contributed by atoms with Crippen LogP contribution >= 0.6 is 11.8 Å². The quantitative estimate of drug-likeness (QED) is 0.210. The first-order valence-corrected chi connectivity index (χ1v) is 14.7. The number of urea groups is 2. The van der Waals surface area contributed by atoms with Crippen LogP contribution in [0.15, 0.2) is 64.9 Å². The summed E-state index contributed by atoms with van der Waals surface area (Å²) >= 11 is 1.23. The van der Waals surface area contributed by atoms with Gasteiger partial charge in [0.05, 0.1) is 25.7 Å². The average Bonchev–Trinajstić information content (AvgIpc) is 3.38. The lowest BCUT2D eigenvalue weighted by atomic mass is 10.0. The normalized spacial score (nSPS) is 19.4. The number of imide groups is 1. The number of ether oxygens (including phenoxy) is 1. The molecule has 234 valence electrons. The Labute approximate surface area is 259 Å². The number of hydrazone groups is 1. The van der Waals surface area contributed by atoms with Gasteiger partial charge < -0.3 is 20.5 Å². The highest BCUT2D eigenvalue weighted by Gasteiger charge is 2.54. The van der Waals surface area contributed by atoms with E-state index in [0.717, 1.165) is 14.8 Å². The number of thioether (sulfide) groups is 1. The number of nitrogens with one attached hydrogen (secondary N) is 2. The van der Waals surface area contributed by atoms with Gasteiger partial charge in [0.1, 0.15) is 29.5 Å². The summed E-state index contributed by atoms with van der Waals surface area (Å²) in [6.07, 6.45) is 0.963. The molecule has 0 spiro atoms. The zero-order chi connectivity index (χ0) is 32.2. The molecule has 14 nitrogen and oxygen atoms in total. The van der Waals surface area contributed by atoms with Gasteiger partial charge >= 0.3 is 24.0 Å². The number of carboxylic acid groups (broad SMARTS) is 1. The highest BCUT2D eigenvalue weighted by molar-refractivity contribution is 8.00. The number of para-hydroxylation sites is 1. The fourth-order valence-corrected chi connectivity index (χ4v) is 6.22. The Morgan fingerprint density at radius 2 is 1.84 bits per heavy atom. The van der Waals surface area contributed by atoms with E-state index < -0.39 is 53.0 Å². The van der Waals surface area contributed by atoms with Gasteiger partial charge in [0, 0.05) is 29.5 Å². The molecule has 45 heavy (non-hydrogen) atoms. The summed E-state index contributed by atoms with van der Waals surface area (Å²) in [6, 6.07) is 9.90. The van der Waals surface area contributed by atoms with Crippen molar-refractivity contribution in [2.45, 2.75) is 24.8 Å². The number of nitrogens with zero attached hydrogens (tertiary/aromatic N) is 4. The van der Waals surface area contributed by atoms with Crippen molar-refractivity contribution < 1.29 is 43.0 Å². The van der Waals surface area contributed by atoms with Crippen LogP contribution in [0.5, 0.6) is 0 Å². The number of halogens is 1. The summed E-state index contributed by atoms with van der Waals surface area (Å²) < 4.78 is 18.8. The Morgan fingerprint density at radius 1 is 1.11 bits per heavy atom.